The SMILES string of the molecule is C1CCC2(C1)CCC2.CC. The molecule has 0 atom stereocenters. The molecule has 1 spiro atoms. The first kappa shape index (κ1) is 8.10. The molecule has 2 aliphatic rings. The molecule has 10 heavy (non-hydrogen) atoms. The standard InChI is InChI=1S/C8H14.C2H6/c1-2-5-8(4-1)6-3-7-8;1-2/h1-7H2;1-2H3. The summed E-state index contributed by atoms with van der Waals surface area (Å²) in [5, 5.41) is 0. The lowest BCUT2D eigenvalue weighted by Crippen LogP contribution is -2.24. The van der Waals surface area contributed by atoms with E-state index in [1.807, 2.05) is 13.8 Å². The molecule has 0 aromatic heterocycles. The van der Waals surface area contributed by atoms with Gasteiger partial charge in [-0.1, -0.05) is 33.1 Å². The molecule has 0 amide bonds. The van der Waals surface area contributed by atoms with E-state index in [9.17, 15) is 0 Å². The van der Waals surface area contributed by atoms with Crippen LogP contribution >= 0.6 is 0 Å². The van der Waals surface area contributed by atoms with Gasteiger partial charge in [0.25, 0.3) is 0 Å². The number of rotatable bonds is 0. The Hall–Kier alpha value is 0. The monoisotopic (exact) mass is 140 g/mol. The fourth-order valence-electron chi connectivity index (χ4n) is 2.30. The average molecular weight is 140 g/mol. The van der Waals surface area contributed by atoms with Gasteiger partial charge in [0, 0.05) is 0 Å². The third-order valence-corrected chi connectivity index (χ3v) is 3.08. The maximum Gasteiger partial charge on any atom is -0.0297 e. The summed E-state index contributed by atoms with van der Waals surface area (Å²) >= 11 is 0. The highest BCUT2D eigenvalue weighted by Crippen LogP contribution is 2.52. The number of hydrogen-bond acceptors (Lipinski definition) is 0. The van der Waals surface area contributed by atoms with Crippen molar-refractivity contribution in [3.05, 3.63) is 0 Å². The summed E-state index contributed by atoms with van der Waals surface area (Å²) in [5.74, 6) is 0. The molecule has 0 unspecified atom stereocenters. The Balaban J connectivity index is 0.000000231. The molecular weight excluding hydrogens is 120 g/mol. The van der Waals surface area contributed by atoms with Gasteiger partial charge in [-0.05, 0) is 31.1 Å². The molecule has 0 heteroatoms. The molecule has 0 aromatic rings. The predicted octanol–water partition coefficient (Wildman–Crippen LogP) is 3.76. The molecule has 0 aliphatic heterocycles. The van der Waals surface area contributed by atoms with E-state index < -0.39 is 0 Å². The van der Waals surface area contributed by atoms with Gasteiger partial charge in [-0.15, -0.1) is 0 Å². The Morgan fingerprint density at radius 3 is 1.30 bits per heavy atom. The van der Waals surface area contributed by atoms with Gasteiger partial charge in [0.1, 0.15) is 0 Å². The van der Waals surface area contributed by atoms with Crippen LogP contribution in [0, 0.1) is 5.41 Å². The van der Waals surface area contributed by atoms with Gasteiger partial charge in [-0.2, -0.15) is 0 Å². The van der Waals surface area contributed by atoms with E-state index in [2.05, 4.69) is 0 Å². The van der Waals surface area contributed by atoms with Crippen molar-refractivity contribution in [2.75, 3.05) is 0 Å². The summed E-state index contributed by atoms with van der Waals surface area (Å²) in [6.45, 7) is 4.00. The van der Waals surface area contributed by atoms with Crippen LogP contribution in [-0.4, -0.2) is 0 Å². The second kappa shape index (κ2) is 3.41. The molecule has 0 saturated heterocycles. The highest BCUT2D eigenvalue weighted by atomic mass is 14.4. The van der Waals surface area contributed by atoms with Gasteiger partial charge in [0.05, 0.1) is 0 Å². The van der Waals surface area contributed by atoms with Crippen molar-refractivity contribution < 1.29 is 0 Å². The normalized spacial score (nSPS) is 27.0. The van der Waals surface area contributed by atoms with Crippen molar-refractivity contribution in [1.82, 2.24) is 0 Å². The quantitative estimate of drug-likeness (QED) is 0.480. The molecule has 2 saturated carbocycles. The highest BCUT2D eigenvalue weighted by molar-refractivity contribution is 4.90. The second-order valence-corrected chi connectivity index (χ2v) is 3.56. The van der Waals surface area contributed by atoms with Gasteiger partial charge < -0.3 is 0 Å². The summed E-state index contributed by atoms with van der Waals surface area (Å²) in [6, 6.07) is 0. The van der Waals surface area contributed by atoms with Crippen LogP contribution in [0.25, 0.3) is 0 Å². The predicted molar refractivity (Wildman–Crippen MR) is 46.1 cm³/mol. The van der Waals surface area contributed by atoms with Crippen LogP contribution in [0.3, 0.4) is 0 Å². The first-order valence-corrected chi connectivity index (χ1v) is 4.91. The summed E-state index contributed by atoms with van der Waals surface area (Å²) in [5.41, 5.74) is 0.917. The molecule has 2 rings (SSSR count). The first-order valence-electron chi connectivity index (χ1n) is 4.91. The minimum atomic E-state index is 0.917. The van der Waals surface area contributed by atoms with Gasteiger partial charge in [0.15, 0.2) is 0 Å². The van der Waals surface area contributed by atoms with E-state index in [4.69, 9.17) is 0 Å². The largest absolute Gasteiger partial charge is 0.0683 e. The van der Waals surface area contributed by atoms with E-state index in [0.29, 0.717) is 0 Å². The summed E-state index contributed by atoms with van der Waals surface area (Å²) in [6.07, 6.45) is 10.8. The van der Waals surface area contributed by atoms with Gasteiger partial charge in [0.2, 0.25) is 0 Å². The first-order chi connectivity index (χ1) is 4.91. The molecule has 0 radical (unpaired) electrons. The Morgan fingerprint density at radius 1 is 0.700 bits per heavy atom. The number of hydrogen-bond donors (Lipinski definition) is 0. The lowest BCUT2D eigenvalue weighted by molar-refractivity contribution is 0.144. The molecule has 0 bridgehead atoms. The van der Waals surface area contributed by atoms with Crippen LogP contribution in [0.1, 0.15) is 58.8 Å². The molecule has 60 valence electrons. The van der Waals surface area contributed by atoms with E-state index in [-0.39, 0.29) is 0 Å². The summed E-state index contributed by atoms with van der Waals surface area (Å²) in [7, 11) is 0. The van der Waals surface area contributed by atoms with Crippen molar-refractivity contribution in [3.63, 3.8) is 0 Å². The zero-order valence-electron chi connectivity index (χ0n) is 7.45. The minimum absolute atomic E-state index is 0.917. The Morgan fingerprint density at radius 2 is 1.10 bits per heavy atom. The van der Waals surface area contributed by atoms with Crippen molar-refractivity contribution in [3.8, 4) is 0 Å². The van der Waals surface area contributed by atoms with Crippen LogP contribution in [0.2, 0.25) is 0 Å². The third kappa shape index (κ3) is 1.36. The van der Waals surface area contributed by atoms with Gasteiger partial charge >= 0.3 is 0 Å². The third-order valence-electron chi connectivity index (χ3n) is 3.08. The lowest BCUT2D eigenvalue weighted by atomic mass is 9.68. The van der Waals surface area contributed by atoms with Gasteiger partial charge in [-0.25, -0.2) is 0 Å². The fourth-order valence-corrected chi connectivity index (χ4v) is 2.30. The van der Waals surface area contributed by atoms with Crippen LogP contribution in [0.15, 0.2) is 0 Å². The maximum absolute atomic E-state index is 2.00. The molecule has 0 aromatic carbocycles. The Labute approximate surface area is 65.0 Å². The summed E-state index contributed by atoms with van der Waals surface area (Å²) < 4.78 is 0. The van der Waals surface area contributed by atoms with Crippen LogP contribution in [0.5, 0.6) is 0 Å². The molecule has 0 heterocycles. The zero-order chi connectivity index (χ0) is 7.45. The molecule has 2 aliphatic carbocycles. The summed E-state index contributed by atoms with van der Waals surface area (Å²) in [4.78, 5) is 0. The van der Waals surface area contributed by atoms with Crippen molar-refractivity contribution in [1.29, 1.82) is 0 Å². The van der Waals surface area contributed by atoms with E-state index in [1.54, 1.807) is 25.7 Å². The highest BCUT2D eigenvalue weighted by Gasteiger charge is 2.38. The van der Waals surface area contributed by atoms with E-state index in [1.165, 1.54) is 19.3 Å². The van der Waals surface area contributed by atoms with Gasteiger partial charge in [-0.3, -0.25) is 0 Å². The molecule has 2 fully saturated rings. The van der Waals surface area contributed by atoms with Crippen LogP contribution < -0.4 is 0 Å². The molecule has 0 N–H and O–H groups in total. The molecule has 0 nitrogen and oxygen atoms in total. The van der Waals surface area contributed by atoms with E-state index >= 15 is 0 Å². The fraction of sp³-hybridized carbons (Fsp3) is 1.00. The topological polar surface area (TPSA) is 0 Å². The minimum Gasteiger partial charge on any atom is -0.0683 e. The van der Waals surface area contributed by atoms with Crippen molar-refractivity contribution in [2.24, 2.45) is 5.41 Å². The molecular formula is C10H20. The van der Waals surface area contributed by atoms with Crippen LogP contribution in [0.4, 0.5) is 0 Å². The smallest absolute Gasteiger partial charge is 0.0297 e. The lowest BCUT2D eigenvalue weighted by Gasteiger charge is -2.38. The van der Waals surface area contributed by atoms with Crippen molar-refractivity contribution in [2.45, 2.75) is 58.8 Å². The zero-order valence-corrected chi connectivity index (χ0v) is 7.45. The Bertz CT molecular complexity index is 82.2. The van der Waals surface area contributed by atoms with Crippen molar-refractivity contribution >= 4 is 0 Å². The Kier molecular flexibility index (Phi) is 2.76. The average Bonchev–Trinajstić information content (AvgIpc) is 2.38. The second-order valence-electron chi connectivity index (χ2n) is 3.56. The van der Waals surface area contributed by atoms with Crippen LogP contribution in [-0.2, 0) is 0 Å². The maximum atomic E-state index is 2.00. The van der Waals surface area contributed by atoms with E-state index in [0.717, 1.165) is 5.41 Å².